The molecule has 10 heteroatoms. The third-order valence-electron chi connectivity index (χ3n) is 9.15. The van der Waals surface area contributed by atoms with Crippen molar-refractivity contribution in [2.75, 3.05) is 13.1 Å². The lowest BCUT2D eigenvalue weighted by Crippen LogP contribution is -2.66. The molecule has 10 nitrogen and oxygen atoms in total. The van der Waals surface area contributed by atoms with Crippen molar-refractivity contribution in [3.63, 3.8) is 0 Å². The van der Waals surface area contributed by atoms with Crippen LogP contribution in [0.3, 0.4) is 0 Å². The Kier molecular flexibility index (Phi) is 6.16. The maximum absolute atomic E-state index is 13.8. The number of aliphatic hydroxyl groups is 3. The number of nitrogens with two attached hydrogens (primary N) is 1. The van der Waals surface area contributed by atoms with E-state index >= 15 is 0 Å². The molecule has 39 heavy (non-hydrogen) atoms. The first-order valence-electron chi connectivity index (χ1n) is 13.5. The normalized spacial score (nSPS) is 31.0. The number of Topliss-reactive ketones (excluding diaryl/α,β-unsaturated/α-hetero) is 2. The molecule has 0 radical (unpaired) electrons. The second-order valence-electron chi connectivity index (χ2n) is 11.4. The molecule has 2 unspecified atom stereocenters. The molecule has 1 amide bonds. The number of benzene rings is 1. The minimum atomic E-state index is -2.59. The molecule has 6 N–H and O–H groups in total. The number of primary amides is 1. The summed E-state index contributed by atoms with van der Waals surface area (Å²) in [7, 11) is 0. The second kappa shape index (κ2) is 9.32. The summed E-state index contributed by atoms with van der Waals surface area (Å²) in [6.45, 7) is 2.46. The monoisotopic (exact) mass is 536 g/mol. The zero-order chi connectivity index (χ0) is 27.6. The largest absolute Gasteiger partial charge is 0.507 e. The minimum absolute atomic E-state index is 0.108. The Morgan fingerprint density at radius 2 is 1.90 bits per heavy atom. The fourth-order valence-corrected chi connectivity index (χ4v) is 7.21. The van der Waals surface area contributed by atoms with E-state index in [4.69, 9.17) is 10.2 Å². The molecule has 2 heterocycles. The summed E-state index contributed by atoms with van der Waals surface area (Å²) in [5.74, 6) is -7.16. The van der Waals surface area contributed by atoms with E-state index in [1.54, 1.807) is 6.07 Å². The average molecular weight is 537 g/mol. The molecule has 1 saturated heterocycles. The molecule has 3 fully saturated rings. The van der Waals surface area contributed by atoms with E-state index in [1.165, 1.54) is 18.9 Å². The number of phenolic OH excluding ortho intramolecular Hbond substituents is 1. The fraction of sp³-hybridized carbons (Fsp3) is 0.483. The summed E-state index contributed by atoms with van der Waals surface area (Å²) < 4.78 is 5.23. The van der Waals surface area contributed by atoms with Crippen LogP contribution in [0.2, 0.25) is 0 Å². The number of carbonyl (C=O) groups excluding carboxylic acids is 3. The van der Waals surface area contributed by atoms with Gasteiger partial charge in [-0.15, -0.1) is 0 Å². The van der Waals surface area contributed by atoms with Crippen LogP contribution in [0.25, 0.3) is 16.9 Å². The Bertz CT molecular complexity index is 1390. The number of aromatic hydroxyl groups is 1. The predicted molar refractivity (Wildman–Crippen MR) is 138 cm³/mol. The topological polar surface area (TPSA) is 175 Å². The molecule has 1 aliphatic heterocycles. The summed E-state index contributed by atoms with van der Waals surface area (Å²) in [5, 5.41) is 44.9. The van der Waals surface area contributed by atoms with Crippen molar-refractivity contribution in [1.82, 2.24) is 4.90 Å². The lowest BCUT2D eigenvalue weighted by Gasteiger charge is -2.48. The Hall–Kier alpha value is -3.47. The number of furan rings is 1. The highest BCUT2D eigenvalue weighted by atomic mass is 16.3. The maximum Gasteiger partial charge on any atom is 0.230 e. The van der Waals surface area contributed by atoms with Crippen molar-refractivity contribution in [3.05, 3.63) is 46.9 Å². The highest BCUT2D eigenvalue weighted by Gasteiger charge is 2.64. The fourth-order valence-electron chi connectivity index (χ4n) is 7.21. The van der Waals surface area contributed by atoms with Crippen LogP contribution in [0.4, 0.5) is 0 Å². The number of nitrogens with zero attached hydrogens (tertiary/aromatic N) is 1. The van der Waals surface area contributed by atoms with Gasteiger partial charge in [-0.05, 0) is 74.4 Å². The number of amides is 1. The van der Waals surface area contributed by atoms with Gasteiger partial charge in [-0.1, -0.05) is 6.42 Å². The zero-order valence-corrected chi connectivity index (χ0v) is 21.4. The molecular formula is C29H32N2O8. The standard InChI is InChI=1S/C29H32N2O8/c30-28(37)23-20(32)11-17-8-15-9-18-16(12-31-5-2-1-3-6-31)10-19(14-4-7-39-13-14)24(33)22(18)25(34)21(15)26(35)29(17,38)27(23)36/h4,7,10,13,15,17,20,23,32-34,38H,1-3,5-6,8-9,11-12H2,(H2,30,37)/t15-,17+,20?,23?,29+/m1/s1. The number of hydrogen-bond donors (Lipinski definition) is 5. The number of piperidine rings is 1. The number of carbonyl (C=O) groups is 3. The third kappa shape index (κ3) is 3.84. The van der Waals surface area contributed by atoms with Crippen molar-refractivity contribution in [1.29, 1.82) is 0 Å². The summed E-state index contributed by atoms with van der Waals surface area (Å²) in [5.41, 5.74) is 5.36. The van der Waals surface area contributed by atoms with Crippen molar-refractivity contribution in [3.8, 4) is 16.9 Å². The van der Waals surface area contributed by atoms with Gasteiger partial charge >= 0.3 is 0 Å². The third-order valence-corrected chi connectivity index (χ3v) is 9.15. The molecular weight excluding hydrogens is 504 g/mol. The lowest BCUT2D eigenvalue weighted by molar-refractivity contribution is -0.174. The number of ketones is 2. The number of rotatable bonds is 4. The van der Waals surface area contributed by atoms with Crippen LogP contribution in [0.5, 0.6) is 5.75 Å². The van der Waals surface area contributed by atoms with Crippen LogP contribution in [-0.2, 0) is 27.3 Å². The number of hydrogen-bond acceptors (Lipinski definition) is 9. The predicted octanol–water partition coefficient (Wildman–Crippen LogP) is 1.83. The van der Waals surface area contributed by atoms with Crippen LogP contribution >= 0.6 is 0 Å². The lowest BCUT2D eigenvalue weighted by atomic mass is 9.56. The number of phenols is 1. The summed E-state index contributed by atoms with van der Waals surface area (Å²) in [6.07, 6.45) is 5.20. The van der Waals surface area contributed by atoms with E-state index in [0.717, 1.165) is 31.5 Å². The van der Waals surface area contributed by atoms with Gasteiger partial charge in [-0.25, -0.2) is 0 Å². The molecule has 5 atom stereocenters. The van der Waals surface area contributed by atoms with Crippen LogP contribution in [0.1, 0.15) is 48.8 Å². The number of aliphatic hydroxyl groups excluding tert-OH is 2. The van der Waals surface area contributed by atoms with Gasteiger partial charge in [0.25, 0.3) is 0 Å². The molecule has 0 spiro atoms. The first-order valence-corrected chi connectivity index (χ1v) is 13.5. The molecule has 0 bridgehead atoms. The molecule has 2 aromatic rings. The van der Waals surface area contributed by atoms with Gasteiger partial charge in [0.1, 0.15) is 17.4 Å². The van der Waals surface area contributed by atoms with Crippen LogP contribution in [0, 0.1) is 17.8 Å². The van der Waals surface area contributed by atoms with Crippen molar-refractivity contribution >= 4 is 23.2 Å². The Balaban J connectivity index is 1.50. The molecule has 4 aliphatic rings. The van der Waals surface area contributed by atoms with Gasteiger partial charge in [-0.2, -0.15) is 0 Å². The van der Waals surface area contributed by atoms with Crippen molar-refractivity contribution in [2.45, 2.75) is 56.8 Å². The molecule has 1 aromatic heterocycles. The number of likely N-dealkylation sites (tertiary alicyclic amines) is 1. The van der Waals surface area contributed by atoms with Crippen molar-refractivity contribution in [2.24, 2.45) is 23.5 Å². The van der Waals surface area contributed by atoms with Crippen LogP contribution < -0.4 is 5.73 Å². The van der Waals surface area contributed by atoms with Gasteiger partial charge < -0.3 is 30.6 Å². The molecule has 1 aromatic carbocycles. The summed E-state index contributed by atoms with van der Waals surface area (Å²) in [4.78, 5) is 41.3. The molecule has 2 saturated carbocycles. The Morgan fingerprint density at radius 1 is 1.15 bits per heavy atom. The summed E-state index contributed by atoms with van der Waals surface area (Å²) >= 11 is 0. The average Bonchev–Trinajstić information content (AvgIpc) is 3.43. The van der Waals surface area contributed by atoms with Crippen LogP contribution in [-0.4, -0.2) is 67.6 Å². The maximum atomic E-state index is 13.8. The Labute approximate surface area is 224 Å². The molecule has 206 valence electrons. The van der Waals surface area contributed by atoms with E-state index < -0.39 is 52.7 Å². The van der Waals surface area contributed by atoms with E-state index in [-0.39, 0.29) is 29.7 Å². The summed E-state index contributed by atoms with van der Waals surface area (Å²) in [6, 6.07) is 3.59. The highest BCUT2D eigenvalue weighted by Crippen LogP contribution is 2.53. The van der Waals surface area contributed by atoms with E-state index in [9.17, 15) is 34.8 Å². The molecule has 3 aliphatic carbocycles. The van der Waals surface area contributed by atoms with Gasteiger partial charge in [0.15, 0.2) is 11.4 Å². The zero-order valence-electron chi connectivity index (χ0n) is 21.4. The minimum Gasteiger partial charge on any atom is -0.507 e. The SMILES string of the molecule is NC(=O)C1C(=O)[C@@]2(O)C(=O)C3=C(O)c4c(O)c(-c5ccoc5)cc(CN5CCCCC5)c4C[C@H]3C[C@H]2CC1O. The molecule has 6 rings (SSSR count). The van der Waals surface area contributed by atoms with E-state index in [1.807, 2.05) is 6.07 Å². The quantitative estimate of drug-likeness (QED) is 0.365. The number of fused-ring (bicyclic) bond motifs is 3. The van der Waals surface area contributed by atoms with Gasteiger partial charge in [0.2, 0.25) is 11.7 Å². The Morgan fingerprint density at radius 3 is 2.56 bits per heavy atom. The first-order chi connectivity index (χ1) is 18.6. The second-order valence-corrected chi connectivity index (χ2v) is 11.4. The van der Waals surface area contributed by atoms with Gasteiger partial charge in [0, 0.05) is 29.2 Å². The smallest absolute Gasteiger partial charge is 0.230 e. The highest BCUT2D eigenvalue weighted by molar-refractivity contribution is 6.24. The first kappa shape index (κ1) is 25.8. The van der Waals surface area contributed by atoms with Gasteiger partial charge in [-0.3, -0.25) is 19.3 Å². The van der Waals surface area contributed by atoms with Crippen LogP contribution in [0.15, 0.2) is 34.6 Å². The van der Waals surface area contributed by atoms with E-state index in [2.05, 4.69) is 4.90 Å². The van der Waals surface area contributed by atoms with Gasteiger partial charge in [0.05, 0.1) is 24.2 Å². The van der Waals surface area contributed by atoms with Crippen molar-refractivity contribution < 1.29 is 39.2 Å². The van der Waals surface area contributed by atoms with E-state index in [0.29, 0.717) is 29.7 Å².